The third-order valence-corrected chi connectivity index (χ3v) is 7.84. The highest BCUT2D eigenvalue weighted by atomic mass is 19.1. The van der Waals surface area contributed by atoms with Crippen LogP contribution in [-0.2, 0) is 16.5 Å². The molecular formula is C30H30FN5O4. The molecule has 4 heterocycles. The van der Waals surface area contributed by atoms with Crippen LogP contribution in [-0.4, -0.2) is 57.9 Å². The summed E-state index contributed by atoms with van der Waals surface area (Å²) >= 11 is 0. The van der Waals surface area contributed by atoms with E-state index in [1.807, 2.05) is 44.4 Å². The minimum atomic E-state index is -0.495. The quantitative estimate of drug-likeness (QED) is 0.270. The van der Waals surface area contributed by atoms with Gasteiger partial charge in [-0.2, -0.15) is 0 Å². The van der Waals surface area contributed by atoms with Crippen molar-refractivity contribution < 1.29 is 23.4 Å². The molecule has 6 rings (SSSR count). The van der Waals surface area contributed by atoms with Crippen molar-refractivity contribution in [2.75, 3.05) is 27.4 Å². The number of nitrogens with zero attached hydrogens (tertiary/aromatic N) is 5. The highest BCUT2D eigenvalue weighted by Crippen LogP contribution is 2.43. The van der Waals surface area contributed by atoms with Crippen LogP contribution in [0.4, 0.5) is 4.39 Å². The van der Waals surface area contributed by atoms with Crippen LogP contribution in [0.1, 0.15) is 40.5 Å². The number of pyridine rings is 1. The molecule has 2 aromatic carbocycles. The number of hydrogen-bond acceptors (Lipinski definition) is 7. The standard InChI is InChI=1S/C30H30FN5O4/c1-17-28(35(2)34-33-17)20-13-25-27(32-16-20)22-15-26(38-3)23(30(37)39-4)14-24(22)36(25)29(19-9-11-40-12-10-19)18-5-7-21(31)8-6-18/h5-8,13-16,19,29H,9-12H2,1-4H3/t29-/m1/s1. The van der Waals surface area contributed by atoms with Crippen molar-refractivity contribution in [3.8, 4) is 17.0 Å². The number of fused-ring (bicyclic) bond motifs is 3. The predicted octanol–water partition coefficient (Wildman–Crippen LogP) is 5.24. The Balaban J connectivity index is 1.71. The normalized spacial score (nSPS) is 15.0. The number of carbonyl (C=O) groups is 1. The molecule has 206 valence electrons. The first-order valence-electron chi connectivity index (χ1n) is 13.2. The Morgan fingerprint density at radius 3 is 2.50 bits per heavy atom. The first kappa shape index (κ1) is 25.9. The first-order chi connectivity index (χ1) is 19.4. The van der Waals surface area contributed by atoms with Gasteiger partial charge >= 0.3 is 5.97 Å². The van der Waals surface area contributed by atoms with Crippen LogP contribution in [0.25, 0.3) is 33.2 Å². The van der Waals surface area contributed by atoms with E-state index in [0.717, 1.165) is 57.3 Å². The molecule has 0 spiro atoms. The maximum absolute atomic E-state index is 14.1. The first-order valence-corrected chi connectivity index (χ1v) is 13.2. The van der Waals surface area contributed by atoms with Crippen LogP contribution in [0, 0.1) is 18.7 Å². The molecule has 40 heavy (non-hydrogen) atoms. The molecule has 0 bridgehead atoms. The van der Waals surface area contributed by atoms with Crippen molar-refractivity contribution >= 4 is 27.9 Å². The molecule has 3 aromatic heterocycles. The number of hydrogen-bond donors (Lipinski definition) is 0. The van der Waals surface area contributed by atoms with E-state index in [1.165, 1.54) is 26.4 Å². The molecule has 0 aliphatic carbocycles. The van der Waals surface area contributed by atoms with Gasteiger partial charge in [-0.05, 0) is 61.6 Å². The molecule has 1 fully saturated rings. The highest BCUT2D eigenvalue weighted by Gasteiger charge is 2.31. The van der Waals surface area contributed by atoms with E-state index in [4.69, 9.17) is 19.2 Å². The largest absolute Gasteiger partial charge is 0.496 e. The molecule has 0 unspecified atom stereocenters. The van der Waals surface area contributed by atoms with Crippen LogP contribution in [0.3, 0.4) is 0 Å². The molecule has 1 aliphatic heterocycles. The van der Waals surface area contributed by atoms with Gasteiger partial charge in [-0.25, -0.2) is 13.9 Å². The van der Waals surface area contributed by atoms with Crippen LogP contribution >= 0.6 is 0 Å². The summed E-state index contributed by atoms with van der Waals surface area (Å²) in [6.07, 6.45) is 3.49. The Labute approximate surface area is 230 Å². The van der Waals surface area contributed by atoms with Crippen molar-refractivity contribution in [3.05, 3.63) is 71.3 Å². The average molecular weight is 544 g/mol. The molecule has 5 aromatic rings. The minimum Gasteiger partial charge on any atom is -0.496 e. The van der Waals surface area contributed by atoms with Gasteiger partial charge in [0.05, 0.1) is 48.2 Å². The third-order valence-electron chi connectivity index (χ3n) is 7.84. The van der Waals surface area contributed by atoms with Gasteiger partial charge in [-0.3, -0.25) is 4.98 Å². The average Bonchev–Trinajstić information content (AvgIpc) is 3.48. The molecule has 0 amide bonds. The number of ether oxygens (including phenoxy) is 3. The van der Waals surface area contributed by atoms with Crippen LogP contribution in [0.2, 0.25) is 0 Å². The van der Waals surface area contributed by atoms with Gasteiger partial charge in [0, 0.05) is 37.4 Å². The van der Waals surface area contributed by atoms with E-state index in [9.17, 15) is 9.18 Å². The Hall–Kier alpha value is -4.31. The maximum Gasteiger partial charge on any atom is 0.341 e. The number of benzene rings is 2. The van der Waals surface area contributed by atoms with E-state index in [-0.39, 0.29) is 17.8 Å². The molecule has 10 heteroatoms. The Kier molecular flexibility index (Phi) is 6.71. The number of aromatic nitrogens is 5. The third kappa shape index (κ3) is 4.28. The second-order valence-electron chi connectivity index (χ2n) is 10.1. The summed E-state index contributed by atoms with van der Waals surface area (Å²) in [4.78, 5) is 17.8. The number of halogens is 1. The van der Waals surface area contributed by atoms with E-state index in [2.05, 4.69) is 20.9 Å². The lowest BCUT2D eigenvalue weighted by atomic mass is 9.86. The van der Waals surface area contributed by atoms with Crippen molar-refractivity contribution in [3.63, 3.8) is 0 Å². The summed E-state index contributed by atoms with van der Waals surface area (Å²) in [7, 11) is 4.73. The van der Waals surface area contributed by atoms with Crippen LogP contribution < -0.4 is 4.74 Å². The summed E-state index contributed by atoms with van der Waals surface area (Å²) in [5.41, 5.74) is 6.25. The zero-order valence-electron chi connectivity index (χ0n) is 22.8. The monoisotopic (exact) mass is 543 g/mol. The van der Waals surface area contributed by atoms with Crippen molar-refractivity contribution in [2.24, 2.45) is 13.0 Å². The van der Waals surface area contributed by atoms with Gasteiger partial charge in [0.2, 0.25) is 0 Å². The topological polar surface area (TPSA) is 93.3 Å². The predicted molar refractivity (Wildman–Crippen MR) is 148 cm³/mol. The minimum absolute atomic E-state index is 0.175. The van der Waals surface area contributed by atoms with Crippen LogP contribution in [0.5, 0.6) is 5.75 Å². The molecule has 0 N–H and O–H groups in total. The summed E-state index contributed by atoms with van der Waals surface area (Å²) in [6.45, 7) is 3.20. The van der Waals surface area contributed by atoms with Gasteiger partial charge in [-0.15, -0.1) is 5.10 Å². The molecule has 1 saturated heterocycles. The van der Waals surface area contributed by atoms with Gasteiger partial charge < -0.3 is 18.8 Å². The number of carbonyl (C=O) groups excluding carboxylic acids is 1. The molecular weight excluding hydrogens is 513 g/mol. The van der Waals surface area contributed by atoms with Crippen LogP contribution in [0.15, 0.2) is 48.7 Å². The second kappa shape index (κ2) is 10.3. The number of rotatable bonds is 6. The smallest absolute Gasteiger partial charge is 0.341 e. The fourth-order valence-corrected chi connectivity index (χ4v) is 5.98. The molecule has 1 aliphatic rings. The Morgan fingerprint density at radius 2 is 1.85 bits per heavy atom. The van der Waals surface area contributed by atoms with Gasteiger partial charge in [0.1, 0.15) is 17.1 Å². The zero-order valence-corrected chi connectivity index (χ0v) is 22.8. The molecule has 1 atom stereocenters. The molecule has 9 nitrogen and oxygen atoms in total. The fraction of sp³-hybridized carbons (Fsp3) is 0.333. The lowest BCUT2D eigenvalue weighted by Gasteiger charge is -2.33. The summed E-state index contributed by atoms with van der Waals surface area (Å²) in [6, 6.07) is 12.2. The number of aryl methyl sites for hydroxylation is 2. The number of esters is 1. The highest BCUT2D eigenvalue weighted by molar-refractivity contribution is 6.10. The summed E-state index contributed by atoms with van der Waals surface area (Å²) in [5.74, 6) is -0.187. The Morgan fingerprint density at radius 1 is 1.10 bits per heavy atom. The van der Waals surface area contributed by atoms with E-state index in [0.29, 0.717) is 24.5 Å². The fourth-order valence-electron chi connectivity index (χ4n) is 5.98. The van der Waals surface area contributed by atoms with Gasteiger partial charge in [-0.1, -0.05) is 17.3 Å². The molecule has 0 saturated carbocycles. The Bertz CT molecular complexity index is 1700. The summed E-state index contributed by atoms with van der Waals surface area (Å²) in [5, 5.41) is 9.24. The lowest BCUT2D eigenvalue weighted by molar-refractivity contribution is 0.0552. The number of methoxy groups -OCH3 is 2. The second-order valence-corrected chi connectivity index (χ2v) is 10.1. The lowest BCUT2D eigenvalue weighted by Crippen LogP contribution is -2.27. The van der Waals surface area contributed by atoms with E-state index < -0.39 is 5.97 Å². The van der Waals surface area contributed by atoms with Gasteiger partial charge in [0.25, 0.3) is 0 Å². The maximum atomic E-state index is 14.1. The summed E-state index contributed by atoms with van der Waals surface area (Å²) < 4.78 is 34.5. The zero-order chi connectivity index (χ0) is 28.0. The van der Waals surface area contributed by atoms with Gasteiger partial charge in [0.15, 0.2) is 0 Å². The van der Waals surface area contributed by atoms with Crippen molar-refractivity contribution in [2.45, 2.75) is 25.8 Å². The molecule has 0 radical (unpaired) electrons. The van der Waals surface area contributed by atoms with Crippen molar-refractivity contribution in [1.82, 2.24) is 24.5 Å². The van der Waals surface area contributed by atoms with Crippen molar-refractivity contribution in [1.29, 1.82) is 0 Å². The van der Waals surface area contributed by atoms with E-state index in [1.54, 1.807) is 4.68 Å². The van der Waals surface area contributed by atoms with E-state index >= 15 is 0 Å². The SMILES string of the molecule is COC(=O)c1cc2c(cc1OC)c1ncc(-c3c(C)nnn3C)cc1n2[C@H](c1ccc(F)cc1)C1CCOCC1.